The number of aliphatic hydroxyl groups excluding tert-OH is 1. The molecule has 0 spiro atoms. The molecule has 0 rings (SSSR count). The largest absolute Gasteiger partial charge is 0.444 e. The Labute approximate surface area is 138 Å². The first kappa shape index (κ1) is 21.4. The zero-order chi connectivity index (χ0) is 18.1. The normalized spacial score (nSPS) is 12.7. The molecule has 0 heterocycles. The highest BCUT2D eigenvalue weighted by Crippen LogP contribution is 2.10. The molecule has 0 aliphatic carbocycles. The summed E-state index contributed by atoms with van der Waals surface area (Å²) >= 11 is 0. The lowest BCUT2D eigenvalue weighted by molar-refractivity contribution is 0.0561. The highest BCUT2D eigenvalue weighted by atomic mass is 16.6. The van der Waals surface area contributed by atoms with E-state index in [0.29, 0.717) is 19.3 Å². The first-order valence-corrected chi connectivity index (χ1v) is 7.84. The van der Waals surface area contributed by atoms with Gasteiger partial charge in [0.05, 0.1) is 0 Å². The van der Waals surface area contributed by atoms with Gasteiger partial charge in [-0.15, -0.1) is 0 Å². The molecule has 0 saturated heterocycles. The van der Waals surface area contributed by atoms with Crippen LogP contribution in [0.5, 0.6) is 0 Å². The van der Waals surface area contributed by atoms with Crippen molar-refractivity contribution in [1.29, 1.82) is 0 Å². The number of rotatable bonds is 5. The molecule has 23 heavy (non-hydrogen) atoms. The Hall–Kier alpha value is -1.63. The van der Waals surface area contributed by atoms with Crippen LogP contribution in [-0.4, -0.2) is 40.9 Å². The number of amides is 2. The van der Waals surface area contributed by atoms with Crippen molar-refractivity contribution in [2.45, 2.75) is 78.4 Å². The Morgan fingerprint density at radius 3 is 2.00 bits per heavy atom. The van der Waals surface area contributed by atoms with Crippen LogP contribution in [0.15, 0.2) is 4.99 Å². The summed E-state index contributed by atoms with van der Waals surface area (Å²) < 4.78 is 10.3. The minimum Gasteiger partial charge on any atom is -0.444 e. The summed E-state index contributed by atoms with van der Waals surface area (Å²) in [4.78, 5) is 27.4. The van der Waals surface area contributed by atoms with Gasteiger partial charge in [0.2, 0.25) is 0 Å². The molecule has 0 bridgehead atoms. The maximum absolute atomic E-state index is 11.8. The average molecular weight is 330 g/mol. The van der Waals surface area contributed by atoms with Crippen molar-refractivity contribution in [3.05, 3.63) is 0 Å². The quantitative estimate of drug-likeness (QED) is 0.457. The van der Waals surface area contributed by atoms with Crippen molar-refractivity contribution in [2.75, 3.05) is 6.61 Å². The maximum Gasteiger partial charge on any atom is 0.435 e. The predicted octanol–water partition coefficient (Wildman–Crippen LogP) is 3.40. The number of nitrogens with one attached hydrogen (secondary N) is 1. The van der Waals surface area contributed by atoms with E-state index in [0.717, 1.165) is 6.42 Å². The maximum atomic E-state index is 11.8. The van der Waals surface area contributed by atoms with Gasteiger partial charge in [-0.3, -0.25) is 5.32 Å². The summed E-state index contributed by atoms with van der Waals surface area (Å²) in [6.45, 7) is 10.6. The summed E-state index contributed by atoms with van der Waals surface area (Å²) in [5, 5.41) is 11.3. The molecule has 2 N–H and O–H groups in total. The summed E-state index contributed by atoms with van der Waals surface area (Å²) in [6.07, 6.45) is 1.07. The van der Waals surface area contributed by atoms with E-state index in [1.807, 2.05) is 0 Å². The molecular weight excluding hydrogens is 300 g/mol. The smallest absolute Gasteiger partial charge is 0.435 e. The number of ether oxygens (including phenoxy) is 2. The molecule has 0 fully saturated rings. The van der Waals surface area contributed by atoms with E-state index in [2.05, 4.69) is 10.3 Å². The molecule has 7 heteroatoms. The van der Waals surface area contributed by atoms with Crippen LogP contribution >= 0.6 is 0 Å². The van der Waals surface area contributed by atoms with Crippen molar-refractivity contribution in [2.24, 2.45) is 4.99 Å². The Kier molecular flexibility index (Phi) is 8.82. The number of unbranched alkanes of at least 4 members (excludes halogenated alkanes) is 2. The number of carbonyl (C=O) groups excluding carboxylic acids is 2. The monoisotopic (exact) mass is 330 g/mol. The Morgan fingerprint density at radius 2 is 1.52 bits per heavy atom. The molecule has 0 aliphatic rings. The number of amidine groups is 1. The van der Waals surface area contributed by atoms with Crippen LogP contribution in [0.25, 0.3) is 0 Å². The number of carbonyl (C=O) groups is 2. The van der Waals surface area contributed by atoms with Crippen LogP contribution < -0.4 is 5.32 Å². The fourth-order valence-corrected chi connectivity index (χ4v) is 1.54. The Morgan fingerprint density at radius 1 is 0.957 bits per heavy atom. The fourth-order valence-electron chi connectivity index (χ4n) is 1.54. The fraction of sp³-hybridized carbons (Fsp3) is 0.812. The lowest BCUT2D eigenvalue weighted by Gasteiger charge is -2.20. The van der Waals surface area contributed by atoms with Gasteiger partial charge in [-0.05, 0) is 54.4 Å². The van der Waals surface area contributed by atoms with Crippen molar-refractivity contribution >= 4 is 18.0 Å². The van der Waals surface area contributed by atoms with Crippen LogP contribution in [0, 0.1) is 0 Å². The summed E-state index contributed by atoms with van der Waals surface area (Å²) in [5.74, 6) is 0.200. The van der Waals surface area contributed by atoms with E-state index in [1.54, 1.807) is 41.5 Å². The standard InChI is InChI=1S/C16H30N2O5/c1-15(2,3)22-13(20)17-12(10-8-7-9-11-19)18-14(21)23-16(4,5)6/h19H,7-11H2,1-6H3,(H,17,18,20,21). The second-order valence-electron chi connectivity index (χ2n) is 7.20. The van der Waals surface area contributed by atoms with Crippen LogP contribution in [0.3, 0.4) is 0 Å². The highest BCUT2D eigenvalue weighted by molar-refractivity contribution is 6.00. The number of nitrogens with zero attached hydrogens (tertiary/aromatic N) is 1. The predicted molar refractivity (Wildman–Crippen MR) is 88.6 cm³/mol. The van der Waals surface area contributed by atoms with Crippen molar-refractivity contribution in [3.63, 3.8) is 0 Å². The molecule has 0 saturated carbocycles. The van der Waals surface area contributed by atoms with Crippen LogP contribution in [0.2, 0.25) is 0 Å². The van der Waals surface area contributed by atoms with Crippen LogP contribution in [0.1, 0.15) is 67.2 Å². The van der Waals surface area contributed by atoms with Gasteiger partial charge in [0, 0.05) is 13.0 Å². The number of alkyl carbamates (subject to hydrolysis) is 1. The first-order valence-electron chi connectivity index (χ1n) is 7.84. The van der Waals surface area contributed by atoms with E-state index in [4.69, 9.17) is 14.6 Å². The Bertz CT molecular complexity index is 419. The molecule has 0 atom stereocenters. The SMILES string of the molecule is CC(C)(C)OC(=O)N=C(CCCCCO)NC(=O)OC(C)(C)C. The lowest BCUT2D eigenvalue weighted by Crippen LogP contribution is -2.37. The van der Waals surface area contributed by atoms with Crippen LogP contribution in [0.4, 0.5) is 9.59 Å². The molecule has 134 valence electrons. The van der Waals surface area contributed by atoms with Crippen molar-refractivity contribution in [3.8, 4) is 0 Å². The zero-order valence-corrected chi connectivity index (χ0v) is 15.1. The van der Waals surface area contributed by atoms with Gasteiger partial charge >= 0.3 is 12.2 Å². The van der Waals surface area contributed by atoms with Crippen molar-refractivity contribution < 1.29 is 24.2 Å². The number of hydrogen-bond acceptors (Lipinski definition) is 5. The van der Waals surface area contributed by atoms with Gasteiger partial charge in [-0.1, -0.05) is 6.42 Å². The first-order chi connectivity index (χ1) is 10.4. The van der Waals surface area contributed by atoms with Gasteiger partial charge in [-0.25, -0.2) is 9.59 Å². The number of hydrogen-bond donors (Lipinski definition) is 2. The van der Waals surface area contributed by atoms with Gasteiger partial charge in [0.1, 0.15) is 17.0 Å². The highest BCUT2D eigenvalue weighted by Gasteiger charge is 2.20. The third-order valence-corrected chi connectivity index (χ3v) is 2.34. The van der Waals surface area contributed by atoms with Gasteiger partial charge in [0.15, 0.2) is 0 Å². The molecule has 0 aliphatic heterocycles. The Balaban J connectivity index is 4.79. The molecule has 0 aromatic carbocycles. The van der Waals surface area contributed by atoms with E-state index >= 15 is 0 Å². The minimum atomic E-state index is -0.759. The lowest BCUT2D eigenvalue weighted by atomic mass is 10.2. The second kappa shape index (κ2) is 9.50. The summed E-state index contributed by atoms with van der Waals surface area (Å²) in [6, 6.07) is 0. The van der Waals surface area contributed by atoms with E-state index in [9.17, 15) is 9.59 Å². The minimum absolute atomic E-state index is 0.109. The molecule has 0 unspecified atom stereocenters. The third kappa shape index (κ3) is 13.7. The molecule has 0 aromatic heterocycles. The second-order valence-corrected chi connectivity index (χ2v) is 7.20. The zero-order valence-electron chi connectivity index (χ0n) is 15.1. The topological polar surface area (TPSA) is 97.2 Å². The van der Waals surface area contributed by atoms with E-state index < -0.39 is 23.4 Å². The van der Waals surface area contributed by atoms with Crippen LogP contribution in [-0.2, 0) is 9.47 Å². The molecule has 0 radical (unpaired) electrons. The summed E-state index contributed by atoms with van der Waals surface area (Å²) in [7, 11) is 0. The summed E-state index contributed by atoms with van der Waals surface area (Å²) in [5.41, 5.74) is -1.30. The molecular formula is C16H30N2O5. The number of aliphatic imine (C=N–C) groups is 1. The molecule has 7 nitrogen and oxygen atoms in total. The van der Waals surface area contributed by atoms with E-state index in [1.165, 1.54) is 0 Å². The van der Waals surface area contributed by atoms with Gasteiger partial charge in [-0.2, -0.15) is 4.99 Å². The number of aliphatic hydroxyl groups is 1. The molecule has 0 aromatic rings. The van der Waals surface area contributed by atoms with E-state index in [-0.39, 0.29) is 12.4 Å². The van der Waals surface area contributed by atoms with Crippen molar-refractivity contribution in [1.82, 2.24) is 5.32 Å². The third-order valence-electron chi connectivity index (χ3n) is 2.34. The van der Waals surface area contributed by atoms with Gasteiger partial charge in [0.25, 0.3) is 0 Å². The average Bonchev–Trinajstić information content (AvgIpc) is 2.29. The molecule has 2 amide bonds. The van der Waals surface area contributed by atoms with Gasteiger partial charge < -0.3 is 14.6 Å².